The summed E-state index contributed by atoms with van der Waals surface area (Å²) in [5.74, 6) is 0. The average Bonchev–Trinajstić information content (AvgIpc) is 2.47. The van der Waals surface area contributed by atoms with Gasteiger partial charge in [-0.3, -0.25) is 4.57 Å². The molecule has 1 N–H and O–H groups in total. The Bertz CT molecular complexity index is 556. The number of benzene rings is 1. The summed E-state index contributed by atoms with van der Waals surface area (Å²) in [5.41, 5.74) is 1.11. The summed E-state index contributed by atoms with van der Waals surface area (Å²) in [6.07, 6.45) is 0.171. The quantitative estimate of drug-likeness (QED) is 0.602. The van der Waals surface area contributed by atoms with Crippen LogP contribution in [-0.4, -0.2) is 55.2 Å². The topological polar surface area (TPSA) is 67.9 Å². The van der Waals surface area contributed by atoms with Gasteiger partial charge in [-0.25, -0.2) is 8.93 Å². The minimum atomic E-state index is -3.21. The van der Waals surface area contributed by atoms with Crippen molar-refractivity contribution in [1.82, 2.24) is 9.62 Å². The highest BCUT2D eigenvalue weighted by Gasteiger charge is 2.29. The van der Waals surface area contributed by atoms with Crippen molar-refractivity contribution in [2.24, 2.45) is 0 Å². The SMILES string of the molecule is CCOP(=O)(C[C@@H](CN(C)C)N[S@@](=O)c1ccc(C)cc1)OCC. The molecule has 8 heteroatoms. The second-order valence-electron chi connectivity index (χ2n) is 5.79. The largest absolute Gasteiger partial charge is 0.332 e. The first-order chi connectivity index (χ1) is 11.3. The van der Waals surface area contributed by atoms with E-state index in [1.807, 2.05) is 50.2 Å². The van der Waals surface area contributed by atoms with Crippen molar-refractivity contribution in [3.8, 4) is 0 Å². The zero-order valence-corrected chi connectivity index (χ0v) is 16.9. The lowest BCUT2D eigenvalue weighted by atomic mass is 10.2. The van der Waals surface area contributed by atoms with Crippen LogP contribution in [0.15, 0.2) is 29.2 Å². The molecule has 0 heterocycles. The van der Waals surface area contributed by atoms with Crippen molar-refractivity contribution in [3.05, 3.63) is 29.8 Å². The van der Waals surface area contributed by atoms with Crippen LogP contribution in [0.1, 0.15) is 19.4 Å². The van der Waals surface area contributed by atoms with Gasteiger partial charge in [-0.2, -0.15) is 0 Å². The van der Waals surface area contributed by atoms with Gasteiger partial charge in [0.15, 0.2) is 0 Å². The molecule has 0 bridgehead atoms. The number of rotatable bonds is 11. The van der Waals surface area contributed by atoms with Gasteiger partial charge in [0.2, 0.25) is 0 Å². The molecule has 0 aliphatic rings. The Morgan fingerprint density at radius 3 is 2.17 bits per heavy atom. The Morgan fingerprint density at radius 1 is 1.17 bits per heavy atom. The summed E-state index contributed by atoms with van der Waals surface area (Å²) in [7, 11) is -0.776. The van der Waals surface area contributed by atoms with E-state index < -0.39 is 18.6 Å². The molecule has 0 fully saturated rings. The maximum Gasteiger partial charge on any atom is 0.332 e. The molecular formula is C16H29N2O4PS. The van der Waals surface area contributed by atoms with Crippen molar-refractivity contribution in [2.45, 2.75) is 31.7 Å². The lowest BCUT2D eigenvalue weighted by Gasteiger charge is -2.26. The predicted molar refractivity (Wildman–Crippen MR) is 98.8 cm³/mol. The Kier molecular flexibility index (Phi) is 9.34. The molecule has 0 saturated heterocycles. The van der Waals surface area contributed by atoms with E-state index >= 15 is 0 Å². The maximum absolute atomic E-state index is 12.8. The Morgan fingerprint density at radius 2 is 1.71 bits per heavy atom. The van der Waals surface area contributed by atoms with Crippen LogP contribution in [0.5, 0.6) is 0 Å². The molecule has 2 atom stereocenters. The highest BCUT2D eigenvalue weighted by molar-refractivity contribution is 7.83. The average molecular weight is 376 g/mol. The van der Waals surface area contributed by atoms with E-state index in [2.05, 4.69) is 4.72 Å². The minimum Gasteiger partial charge on any atom is -0.309 e. The molecule has 6 nitrogen and oxygen atoms in total. The summed E-state index contributed by atoms with van der Waals surface area (Å²) in [6, 6.07) is 7.21. The summed E-state index contributed by atoms with van der Waals surface area (Å²) in [4.78, 5) is 2.64. The van der Waals surface area contributed by atoms with Crippen LogP contribution in [-0.2, 0) is 24.6 Å². The van der Waals surface area contributed by atoms with Crippen molar-refractivity contribution in [1.29, 1.82) is 0 Å². The van der Waals surface area contributed by atoms with Crippen molar-refractivity contribution in [2.75, 3.05) is 40.0 Å². The van der Waals surface area contributed by atoms with E-state index in [-0.39, 0.29) is 12.2 Å². The molecule has 0 unspecified atom stereocenters. The van der Waals surface area contributed by atoms with Gasteiger partial charge >= 0.3 is 7.60 Å². The Hall–Kier alpha value is -0.560. The van der Waals surface area contributed by atoms with E-state index in [1.54, 1.807) is 13.8 Å². The van der Waals surface area contributed by atoms with Gasteiger partial charge in [0, 0.05) is 12.6 Å². The van der Waals surface area contributed by atoms with Gasteiger partial charge < -0.3 is 13.9 Å². The molecule has 0 spiro atoms. The van der Waals surface area contributed by atoms with Crippen molar-refractivity contribution in [3.63, 3.8) is 0 Å². The van der Waals surface area contributed by atoms with E-state index in [1.165, 1.54) is 0 Å². The zero-order valence-electron chi connectivity index (χ0n) is 15.2. The molecule has 0 radical (unpaired) electrons. The van der Waals surface area contributed by atoms with Gasteiger partial charge in [0.25, 0.3) is 0 Å². The van der Waals surface area contributed by atoms with Gasteiger partial charge in [-0.15, -0.1) is 0 Å². The molecule has 0 saturated carbocycles. The van der Waals surface area contributed by atoms with E-state index in [0.29, 0.717) is 24.7 Å². The normalized spacial score (nSPS) is 14.8. The highest BCUT2D eigenvalue weighted by atomic mass is 32.2. The van der Waals surface area contributed by atoms with E-state index in [9.17, 15) is 8.77 Å². The summed E-state index contributed by atoms with van der Waals surface area (Å²) < 4.78 is 39.1. The van der Waals surface area contributed by atoms with Gasteiger partial charge in [0.1, 0.15) is 11.0 Å². The fourth-order valence-electron chi connectivity index (χ4n) is 2.26. The van der Waals surface area contributed by atoms with E-state index in [0.717, 1.165) is 5.56 Å². The minimum absolute atomic E-state index is 0.171. The third kappa shape index (κ3) is 7.55. The smallest absolute Gasteiger partial charge is 0.309 e. The second kappa shape index (κ2) is 10.4. The molecule has 138 valence electrons. The molecule has 1 rings (SSSR count). The van der Waals surface area contributed by atoms with Crippen LogP contribution in [0, 0.1) is 6.92 Å². The number of nitrogens with zero attached hydrogens (tertiary/aromatic N) is 1. The fourth-order valence-corrected chi connectivity index (χ4v) is 5.18. The summed E-state index contributed by atoms with van der Waals surface area (Å²) >= 11 is 0. The lowest BCUT2D eigenvalue weighted by molar-refractivity contribution is 0.216. The van der Waals surface area contributed by atoms with Crippen LogP contribution in [0.2, 0.25) is 0 Å². The maximum atomic E-state index is 12.8. The van der Waals surface area contributed by atoms with Crippen molar-refractivity contribution >= 4 is 18.6 Å². The standard InChI is InChI=1S/C16H29N2O4PS/c1-6-21-23(19,22-7-2)13-15(12-18(4)5)17-24(20)16-10-8-14(3)9-11-16/h8-11,15,17H,6-7,12-13H2,1-5H3/t15-,24+/m1/s1. The monoisotopic (exact) mass is 376 g/mol. The number of hydrogen-bond acceptors (Lipinski definition) is 5. The van der Waals surface area contributed by atoms with Crippen molar-refractivity contribution < 1.29 is 17.8 Å². The van der Waals surface area contributed by atoms with Crippen LogP contribution < -0.4 is 4.72 Å². The fraction of sp³-hybridized carbons (Fsp3) is 0.625. The number of hydrogen-bond donors (Lipinski definition) is 1. The molecule has 0 aliphatic heterocycles. The summed E-state index contributed by atoms with van der Waals surface area (Å²) in [5, 5.41) is 0. The number of nitrogens with one attached hydrogen (secondary N) is 1. The van der Waals surface area contributed by atoms with Crippen LogP contribution in [0.25, 0.3) is 0 Å². The molecule has 0 amide bonds. The Balaban J connectivity index is 2.85. The van der Waals surface area contributed by atoms with Crippen LogP contribution in [0.4, 0.5) is 0 Å². The Labute approximate surface area is 148 Å². The zero-order chi connectivity index (χ0) is 18.2. The second-order valence-corrected chi connectivity index (χ2v) is 9.14. The van der Waals surface area contributed by atoms with Crippen LogP contribution >= 0.6 is 7.60 Å². The molecular weight excluding hydrogens is 347 g/mol. The first-order valence-electron chi connectivity index (χ1n) is 8.07. The summed E-state index contributed by atoms with van der Waals surface area (Å²) in [6.45, 7) is 6.74. The molecule has 1 aromatic rings. The first-order valence-corrected chi connectivity index (χ1v) is 10.9. The van der Waals surface area contributed by atoms with Gasteiger partial charge in [-0.05, 0) is 47.0 Å². The van der Waals surface area contributed by atoms with Crippen LogP contribution in [0.3, 0.4) is 0 Å². The number of aryl methyl sites for hydroxylation is 1. The molecule has 24 heavy (non-hydrogen) atoms. The molecule has 0 aromatic heterocycles. The first kappa shape index (κ1) is 21.5. The molecule has 1 aromatic carbocycles. The van der Waals surface area contributed by atoms with E-state index in [4.69, 9.17) is 9.05 Å². The highest BCUT2D eigenvalue weighted by Crippen LogP contribution is 2.48. The third-order valence-corrected chi connectivity index (χ3v) is 6.63. The molecule has 0 aliphatic carbocycles. The van der Waals surface area contributed by atoms with Gasteiger partial charge in [-0.1, -0.05) is 17.7 Å². The third-order valence-electron chi connectivity index (χ3n) is 3.19. The lowest BCUT2D eigenvalue weighted by Crippen LogP contribution is -2.42. The predicted octanol–water partition coefficient (Wildman–Crippen LogP) is 2.80. The number of likely N-dealkylation sites (N-methyl/N-ethyl adjacent to an activating group) is 1. The van der Waals surface area contributed by atoms with Gasteiger partial charge in [0.05, 0.1) is 24.3 Å².